The molecule has 46 heavy (non-hydrogen) atoms. The van der Waals surface area contributed by atoms with E-state index in [-0.39, 0.29) is 6.71 Å². The number of aromatic nitrogens is 1. The zero-order valence-corrected chi connectivity index (χ0v) is 25.4. The van der Waals surface area contributed by atoms with Crippen LogP contribution in [-0.2, 0) is 0 Å². The van der Waals surface area contributed by atoms with Crippen LogP contribution in [0.4, 0.5) is 0 Å². The van der Waals surface area contributed by atoms with Crippen LogP contribution in [0.3, 0.4) is 0 Å². The minimum absolute atomic E-state index is 0.0516. The fraction of sp³-hybridized carbons (Fsp3) is 0.0233. The Kier molecular flexibility index (Phi) is 5.33. The second kappa shape index (κ2) is 9.60. The van der Waals surface area contributed by atoms with Crippen molar-refractivity contribution in [3.8, 4) is 50.6 Å². The first-order valence-electron chi connectivity index (χ1n) is 16.0. The molecule has 10 rings (SSSR count). The average Bonchev–Trinajstić information content (AvgIpc) is 3.44. The molecule has 1 aromatic heterocycles. The first kappa shape index (κ1) is 25.5. The molecule has 0 N–H and O–H groups in total. The van der Waals surface area contributed by atoms with E-state index in [1.807, 2.05) is 0 Å². The van der Waals surface area contributed by atoms with Gasteiger partial charge < -0.3 is 9.30 Å². The molecule has 3 heteroatoms. The standard InChI is InChI=1S/C43H28BNO/c1-27-21-39-42-41(22-27)46-40-26-32(29-13-7-3-8-14-29)17-19-36(40)44(42)37-25-33(30-15-9-4-10-16-30)24-35-34-23-31(28-11-5-2-6-12-28)18-20-38(34)45(39)43(35)37/h2-26H,1H3. The number of ether oxygens (including phenoxy) is 1. The summed E-state index contributed by atoms with van der Waals surface area (Å²) in [6, 6.07) is 55.2. The van der Waals surface area contributed by atoms with Crippen LogP contribution in [0.15, 0.2) is 152 Å². The number of fused-ring (bicyclic) bond motifs is 7. The van der Waals surface area contributed by atoms with Gasteiger partial charge in [0.05, 0.1) is 5.52 Å². The highest BCUT2D eigenvalue weighted by Crippen LogP contribution is 2.41. The Morgan fingerprint density at radius 1 is 0.478 bits per heavy atom. The maximum absolute atomic E-state index is 6.85. The fourth-order valence-corrected chi connectivity index (χ4v) is 7.83. The third kappa shape index (κ3) is 3.66. The van der Waals surface area contributed by atoms with E-state index < -0.39 is 0 Å². The van der Waals surface area contributed by atoms with Crippen molar-refractivity contribution >= 4 is 44.9 Å². The quantitative estimate of drug-likeness (QED) is 0.189. The second-order valence-corrected chi connectivity index (χ2v) is 12.6. The Morgan fingerprint density at radius 3 is 1.78 bits per heavy atom. The van der Waals surface area contributed by atoms with Gasteiger partial charge in [0.15, 0.2) is 0 Å². The predicted molar refractivity (Wildman–Crippen MR) is 193 cm³/mol. The molecule has 0 saturated carbocycles. The van der Waals surface area contributed by atoms with Gasteiger partial charge in [-0.1, -0.05) is 115 Å². The highest BCUT2D eigenvalue weighted by atomic mass is 16.5. The Morgan fingerprint density at radius 2 is 1.09 bits per heavy atom. The predicted octanol–water partition coefficient (Wildman–Crippen LogP) is 9.03. The van der Waals surface area contributed by atoms with Crippen LogP contribution in [0.25, 0.3) is 60.9 Å². The van der Waals surface area contributed by atoms with Crippen molar-refractivity contribution < 1.29 is 4.74 Å². The molecule has 2 nitrogen and oxygen atoms in total. The van der Waals surface area contributed by atoms with Crippen LogP contribution < -0.4 is 21.1 Å². The molecular formula is C43H28BNO. The van der Waals surface area contributed by atoms with Crippen molar-refractivity contribution in [2.45, 2.75) is 6.92 Å². The summed E-state index contributed by atoms with van der Waals surface area (Å²) in [6.07, 6.45) is 0. The summed E-state index contributed by atoms with van der Waals surface area (Å²) in [4.78, 5) is 0. The molecule has 0 unspecified atom stereocenters. The second-order valence-electron chi connectivity index (χ2n) is 12.6. The normalized spacial score (nSPS) is 12.6. The summed E-state index contributed by atoms with van der Waals surface area (Å²) in [7, 11) is 0. The van der Waals surface area contributed by atoms with E-state index in [1.54, 1.807) is 0 Å². The van der Waals surface area contributed by atoms with Crippen LogP contribution in [0.5, 0.6) is 11.5 Å². The molecule has 0 bridgehead atoms. The van der Waals surface area contributed by atoms with Gasteiger partial charge in [0, 0.05) is 22.0 Å². The van der Waals surface area contributed by atoms with E-state index in [2.05, 4.69) is 163 Å². The molecule has 8 aromatic rings. The van der Waals surface area contributed by atoms with Gasteiger partial charge in [-0.15, -0.1) is 0 Å². The summed E-state index contributed by atoms with van der Waals surface area (Å²) in [5, 5.41) is 2.55. The van der Waals surface area contributed by atoms with E-state index in [4.69, 9.17) is 4.74 Å². The van der Waals surface area contributed by atoms with Crippen LogP contribution >= 0.6 is 0 Å². The van der Waals surface area contributed by atoms with Crippen molar-refractivity contribution in [2.24, 2.45) is 0 Å². The van der Waals surface area contributed by atoms with Crippen LogP contribution in [0.2, 0.25) is 0 Å². The van der Waals surface area contributed by atoms with E-state index in [9.17, 15) is 0 Å². The molecule has 214 valence electrons. The van der Waals surface area contributed by atoms with E-state index >= 15 is 0 Å². The minimum Gasteiger partial charge on any atom is -0.458 e. The first-order chi connectivity index (χ1) is 22.7. The molecule has 0 saturated heterocycles. The molecule has 0 aliphatic carbocycles. The summed E-state index contributed by atoms with van der Waals surface area (Å²) >= 11 is 0. The Hall–Kier alpha value is -5.80. The summed E-state index contributed by atoms with van der Waals surface area (Å²) < 4.78 is 9.34. The smallest absolute Gasteiger partial charge is 0.256 e. The number of hydrogen-bond donors (Lipinski definition) is 0. The van der Waals surface area contributed by atoms with E-state index in [0.29, 0.717) is 0 Å². The van der Waals surface area contributed by atoms with Gasteiger partial charge in [-0.2, -0.15) is 0 Å². The summed E-state index contributed by atoms with van der Waals surface area (Å²) in [5.74, 6) is 1.88. The van der Waals surface area contributed by atoms with Crippen molar-refractivity contribution in [2.75, 3.05) is 0 Å². The SMILES string of the molecule is Cc1cc2c3c(c1)-n1c4ccc(-c5ccccc5)cc4c4cc(-c5ccccc5)cc(c41)B3c1ccc(-c3ccccc3)cc1O2. The van der Waals surface area contributed by atoms with Gasteiger partial charge in [0.25, 0.3) is 6.71 Å². The maximum atomic E-state index is 6.85. The molecule has 7 aromatic carbocycles. The summed E-state index contributed by atoms with van der Waals surface area (Å²) in [5.41, 5.74) is 16.0. The molecule has 2 aliphatic rings. The third-order valence-electron chi connectivity index (χ3n) is 9.86. The number of nitrogens with zero attached hydrogens (tertiary/aromatic N) is 1. The lowest BCUT2D eigenvalue weighted by Crippen LogP contribution is -2.58. The van der Waals surface area contributed by atoms with Gasteiger partial charge >= 0.3 is 0 Å². The summed E-state index contributed by atoms with van der Waals surface area (Å²) in [6.45, 7) is 2.23. The number of hydrogen-bond acceptors (Lipinski definition) is 1. The average molecular weight is 586 g/mol. The van der Waals surface area contributed by atoms with Crippen LogP contribution in [0.1, 0.15) is 5.56 Å². The van der Waals surface area contributed by atoms with Gasteiger partial charge in [0.1, 0.15) is 11.5 Å². The number of rotatable bonds is 3. The Labute approximate surface area is 268 Å². The molecule has 0 atom stereocenters. The van der Waals surface area contributed by atoms with Crippen LogP contribution in [0, 0.1) is 6.92 Å². The molecule has 3 heterocycles. The van der Waals surface area contributed by atoms with Gasteiger partial charge in [-0.05, 0) is 98.7 Å². The largest absolute Gasteiger partial charge is 0.458 e. The molecule has 0 amide bonds. The minimum atomic E-state index is 0.0516. The van der Waals surface area contributed by atoms with Crippen molar-refractivity contribution in [3.05, 3.63) is 157 Å². The Bertz CT molecular complexity index is 2500. The number of aryl methyl sites for hydroxylation is 1. The third-order valence-corrected chi connectivity index (χ3v) is 9.86. The number of benzene rings is 7. The van der Waals surface area contributed by atoms with E-state index in [1.165, 1.54) is 77.3 Å². The van der Waals surface area contributed by atoms with Gasteiger partial charge in [-0.25, -0.2) is 0 Å². The zero-order chi connectivity index (χ0) is 30.4. The van der Waals surface area contributed by atoms with Crippen molar-refractivity contribution in [1.29, 1.82) is 0 Å². The van der Waals surface area contributed by atoms with Gasteiger partial charge in [-0.3, -0.25) is 0 Å². The highest BCUT2D eigenvalue weighted by Gasteiger charge is 2.41. The van der Waals surface area contributed by atoms with Crippen molar-refractivity contribution in [3.63, 3.8) is 0 Å². The van der Waals surface area contributed by atoms with Crippen molar-refractivity contribution in [1.82, 2.24) is 4.57 Å². The molecule has 2 aliphatic heterocycles. The lowest BCUT2D eigenvalue weighted by atomic mass is 9.34. The van der Waals surface area contributed by atoms with Gasteiger partial charge in [0.2, 0.25) is 0 Å². The maximum Gasteiger partial charge on any atom is 0.256 e. The molecule has 0 fully saturated rings. The Balaban J connectivity index is 1.31. The first-order valence-corrected chi connectivity index (χ1v) is 16.0. The lowest BCUT2D eigenvalue weighted by Gasteiger charge is -2.34. The lowest BCUT2D eigenvalue weighted by molar-refractivity contribution is 0.487. The molecule has 0 spiro atoms. The van der Waals surface area contributed by atoms with E-state index in [0.717, 1.165) is 17.1 Å². The van der Waals surface area contributed by atoms with Crippen LogP contribution in [-0.4, -0.2) is 11.3 Å². The highest BCUT2D eigenvalue weighted by molar-refractivity contribution is 6.99. The monoisotopic (exact) mass is 585 g/mol. The topological polar surface area (TPSA) is 14.2 Å². The molecule has 0 radical (unpaired) electrons. The molecular weight excluding hydrogens is 557 g/mol. The zero-order valence-electron chi connectivity index (χ0n) is 25.4. The fourth-order valence-electron chi connectivity index (χ4n) is 7.83.